The lowest BCUT2D eigenvalue weighted by Crippen LogP contribution is -2.50. The van der Waals surface area contributed by atoms with E-state index in [1.807, 2.05) is 19.0 Å². The molecule has 0 atom stereocenters. The number of halogens is 6. The van der Waals surface area contributed by atoms with Gasteiger partial charge in [-0.1, -0.05) is 0 Å². The second-order valence-electron chi connectivity index (χ2n) is 8.36. The summed E-state index contributed by atoms with van der Waals surface area (Å²) in [5.74, 6) is -6.98. The molecule has 14 heteroatoms. The first kappa shape index (κ1) is 29.4. The highest BCUT2D eigenvalue weighted by atomic mass is 19.4. The highest BCUT2D eigenvalue weighted by Gasteiger charge is 2.47. The van der Waals surface area contributed by atoms with Crippen LogP contribution < -0.4 is 10.2 Å². The van der Waals surface area contributed by atoms with E-state index < -0.39 is 47.5 Å². The summed E-state index contributed by atoms with van der Waals surface area (Å²) < 4.78 is 87.4. The quantitative estimate of drug-likeness (QED) is 0.227. The van der Waals surface area contributed by atoms with E-state index in [1.54, 1.807) is 0 Å². The summed E-state index contributed by atoms with van der Waals surface area (Å²) in [6, 6.07) is 2.15. The lowest BCUT2D eigenvalue weighted by Gasteiger charge is -2.35. The average Bonchev–Trinajstić information content (AvgIpc) is 2.78. The Bertz CT molecular complexity index is 930. The van der Waals surface area contributed by atoms with Crippen LogP contribution in [0.3, 0.4) is 0 Å². The fraction of sp³-hybridized carbons (Fsp3) is 0.591. The highest BCUT2D eigenvalue weighted by Crippen LogP contribution is 2.34. The van der Waals surface area contributed by atoms with Gasteiger partial charge in [-0.2, -0.15) is 26.3 Å². The number of carbonyl (C=O) groups is 3. The van der Waals surface area contributed by atoms with Crippen LogP contribution in [0.2, 0.25) is 0 Å². The SMILES string of the molecule is CN(C)CCCCNc1ccc(C(=O)OC(=O)C(F)(F)F)c(N(C(=O)C(F)(F)F)C2CCOCC2)c1. The smallest absolute Gasteiger partial charge is 0.385 e. The Morgan fingerprint density at radius 3 is 2.22 bits per heavy atom. The van der Waals surface area contributed by atoms with E-state index in [4.69, 9.17) is 4.74 Å². The number of rotatable bonds is 9. The standard InChI is InChI=1S/C22H27F6N3O5/c1-30(2)10-4-3-9-29-14-5-6-16(18(32)36-20(34)22(26,27)28)17(13-14)31(19(33)21(23,24)25)15-7-11-35-12-8-15/h5-6,13,15,29H,3-4,7-12H2,1-2H3. The van der Waals surface area contributed by atoms with Gasteiger partial charge in [0.25, 0.3) is 0 Å². The third-order valence-corrected chi connectivity index (χ3v) is 5.27. The van der Waals surface area contributed by atoms with Gasteiger partial charge in [0.05, 0.1) is 11.3 Å². The summed E-state index contributed by atoms with van der Waals surface area (Å²) in [6.45, 7) is 1.25. The van der Waals surface area contributed by atoms with Gasteiger partial charge in [0.2, 0.25) is 0 Å². The number of hydrogen-bond donors (Lipinski definition) is 1. The first-order valence-corrected chi connectivity index (χ1v) is 11.1. The molecule has 0 unspecified atom stereocenters. The van der Waals surface area contributed by atoms with Crippen LogP contribution in [-0.2, 0) is 19.1 Å². The topological polar surface area (TPSA) is 88.2 Å². The van der Waals surface area contributed by atoms with Crippen molar-refractivity contribution in [2.45, 2.75) is 44.1 Å². The number of amides is 1. The fourth-order valence-corrected chi connectivity index (χ4v) is 3.55. The molecule has 1 aromatic carbocycles. The maximum atomic E-state index is 13.5. The second-order valence-corrected chi connectivity index (χ2v) is 8.36. The Morgan fingerprint density at radius 2 is 1.67 bits per heavy atom. The van der Waals surface area contributed by atoms with E-state index in [1.165, 1.54) is 6.07 Å². The number of benzene rings is 1. The molecule has 0 aliphatic carbocycles. The Hall–Kier alpha value is -2.87. The van der Waals surface area contributed by atoms with Crippen molar-refractivity contribution >= 4 is 29.2 Å². The van der Waals surface area contributed by atoms with Crippen molar-refractivity contribution in [1.82, 2.24) is 4.90 Å². The van der Waals surface area contributed by atoms with Crippen molar-refractivity contribution in [2.24, 2.45) is 0 Å². The zero-order valence-corrected chi connectivity index (χ0v) is 19.7. The van der Waals surface area contributed by atoms with Crippen molar-refractivity contribution in [1.29, 1.82) is 0 Å². The molecule has 0 radical (unpaired) electrons. The van der Waals surface area contributed by atoms with E-state index in [2.05, 4.69) is 10.1 Å². The van der Waals surface area contributed by atoms with Crippen molar-refractivity contribution in [3.05, 3.63) is 23.8 Å². The van der Waals surface area contributed by atoms with E-state index in [0.717, 1.165) is 25.1 Å². The minimum Gasteiger partial charge on any atom is -0.385 e. The second kappa shape index (κ2) is 12.4. The number of alkyl halides is 6. The molecule has 0 saturated carbocycles. The van der Waals surface area contributed by atoms with Gasteiger partial charge in [0, 0.05) is 31.5 Å². The van der Waals surface area contributed by atoms with Crippen LogP contribution in [0.15, 0.2) is 18.2 Å². The number of esters is 2. The molecule has 1 amide bonds. The molecule has 0 bridgehead atoms. The van der Waals surface area contributed by atoms with Crippen LogP contribution in [0.1, 0.15) is 36.0 Å². The Labute approximate surface area is 203 Å². The molecule has 0 spiro atoms. The lowest BCUT2D eigenvalue weighted by molar-refractivity contribution is -0.193. The number of unbranched alkanes of at least 4 members (excludes halogenated alkanes) is 1. The van der Waals surface area contributed by atoms with Crippen molar-refractivity contribution in [2.75, 3.05) is 50.6 Å². The van der Waals surface area contributed by atoms with E-state index in [0.29, 0.717) is 17.9 Å². The predicted molar refractivity (Wildman–Crippen MR) is 117 cm³/mol. The normalized spacial score (nSPS) is 15.0. The molecular weight excluding hydrogens is 500 g/mol. The van der Waals surface area contributed by atoms with Crippen LogP contribution in [0, 0.1) is 0 Å². The fourth-order valence-electron chi connectivity index (χ4n) is 3.55. The van der Waals surface area contributed by atoms with Gasteiger partial charge in [-0.25, -0.2) is 9.59 Å². The summed E-state index contributed by atoms with van der Waals surface area (Å²) in [7, 11) is 3.78. The molecule has 1 aliphatic heterocycles. The Morgan fingerprint density at radius 1 is 1.03 bits per heavy atom. The predicted octanol–water partition coefficient (Wildman–Crippen LogP) is 3.76. The largest absolute Gasteiger partial charge is 0.491 e. The van der Waals surface area contributed by atoms with Gasteiger partial charge in [-0.3, -0.25) is 4.79 Å². The Balaban J connectivity index is 2.46. The third-order valence-electron chi connectivity index (χ3n) is 5.27. The Kier molecular flexibility index (Phi) is 10.1. The van der Waals surface area contributed by atoms with Crippen molar-refractivity contribution in [3.8, 4) is 0 Å². The monoisotopic (exact) mass is 527 g/mol. The van der Waals surface area contributed by atoms with Gasteiger partial charge < -0.3 is 24.6 Å². The van der Waals surface area contributed by atoms with Crippen LogP contribution in [-0.4, -0.2) is 81.5 Å². The summed E-state index contributed by atoms with van der Waals surface area (Å²) in [5, 5.41) is 2.96. The summed E-state index contributed by atoms with van der Waals surface area (Å²) in [6.07, 6.45) is -9.40. The van der Waals surface area contributed by atoms with E-state index in [-0.39, 0.29) is 31.7 Å². The molecule has 1 N–H and O–H groups in total. The van der Waals surface area contributed by atoms with Crippen LogP contribution in [0.4, 0.5) is 37.7 Å². The summed E-state index contributed by atoms with van der Waals surface area (Å²) in [5.41, 5.74) is -1.20. The number of ether oxygens (including phenoxy) is 2. The van der Waals surface area contributed by atoms with Gasteiger partial charge in [0.1, 0.15) is 0 Å². The van der Waals surface area contributed by atoms with E-state index in [9.17, 15) is 40.7 Å². The molecule has 1 aromatic rings. The lowest BCUT2D eigenvalue weighted by atomic mass is 10.0. The zero-order valence-electron chi connectivity index (χ0n) is 19.7. The summed E-state index contributed by atoms with van der Waals surface area (Å²) >= 11 is 0. The molecule has 0 aromatic heterocycles. The molecule has 36 heavy (non-hydrogen) atoms. The number of anilines is 2. The molecule has 2 rings (SSSR count). The molecule has 8 nitrogen and oxygen atoms in total. The minimum absolute atomic E-state index is 0.0139. The first-order chi connectivity index (χ1) is 16.7. The maximum Gasteiger partial charge on any atom is 0.491 e. The maximum absolute atomic E-state index is 13.5. The first-order valence-electron chi connectivity index (χ1n) is 11.1. The molecule has 1 heterocycles. The van der Waals surface area contributed by atoms with Gasteiger partial charge in [0.15, 0.2) is 0 Å². The minimum atomic E-state index is -5.51. The zero-order chi connectivity index (χ0) is 27.1. The number of hydrogen-bond acceptors (Lipinski definition) is 7. The molecule has 1 fully saturated rings. The molecule has 1 saturated heterocycles. The van der Waals surface area contributed by atoms with Gasteiger partial charge in [-0.15, -0.1) is 0 Å². The van der Waals surface area contributed by atoms with Crippen LogP contribution in [0.5, 0.6) is 0 Å². The third kappa shape index (κ3) is 8.36. The molecule has 1 aliphatic rings. The molecular formula is C22H27F6N3O5. The number of nitrogens with zero attached hydrogens (tertiary/aromatic N) is 2. The number of carbonyl (C=O) groups excluding carboxylic acids is 3. The highest BCUT2D eigenvalue weighted by molar-refractivity contribution is 6.07. The van der Waals surface area contributed by atoms with Crippen LogP contribution in [0.25, 0.3) is 0 Å². The van der Waals surface area contributed by atoms with Crippen molar-refractivity contribution in [3.63, 3.8) is 0 Å². The van der Waals surface area contributed by atoms with Crippen LogP contribution >= 0.6 is 0 Å². The summed E-state index contributed by atoms with van der Waals surface area (Å²) in [4.78, 5) is 38.4. The molecule has 202 valence electrons. The number of nitrogens with one attached hydrogen (secondary N) is 1. The van der Waals surface area contributed by atoms with Gasteiger partial charge in [-0.05, 0) is 64.5 Å². The average molecular weight is 527 g/mol. The van der Waals surface area contributed by atoms with Gasteiger partial charge >= 0.3 is 30.2 Å². The van der Waals surface area contributed by atoms with Crippen molar-refractivity contribution < 1.29 is 50.2 Å². The van der Waals surface area contributed by atoms with E-state index >= 15 is 0 Å².